The van der Waals surface area contributed by atoms with E-state index in [4.69, 9.17) is 9.47 Å². The molecule has 0 spiro atoms. The van der Waals surface area contributed by atoms with Crippen molar-refractivity contribution in [3.05, 3.63) is 71.7 Å². The molecule has 12 heteroatoms. The van der Waals surface area contributed by atoms with Crippen LogP contribution in [0.25, 0.3) is 11.3 Å². The smallest absolute Gasteiger partial charge is 0.416 e. The van der Waals surface area contributed by atoms with Crippen LogP contribution in [0.2, 0.25) is 0 Å². The van der Waals surface area contributed by atoms with Crippen molar-refractivity contribution in [1.82, 2.24) is 15.2 Å². The van der Waals surface area contributed by atoms with Gasteiger partial charge in [0.25, 0.3) is 11.8 Å². The summed E-state index contributed by atoms with van der Waals surface area (Å²) in [4.78, 5) is 23.7. The number of rotatable bonds is 7. The molecular formula is C28H27F3N6O3. The molecule has 40 heavy (non-hydrogen) atoms. The molecule has 1 aromatic carbocycles. The summed E-state index contributed by atoms with van der Waals surface area (Å²) in [6.45, 7) is 5.75. The lowest BCUT2D eigenvalue weighted by atomic mass is 10.1. The van der Waals surface area contributed by atoms with Crippen LogP contribution in [0.1, 0.15) is 35.0 Å². The number of allylic oxidation sites excluding steroid dienone is 1. The molecule has 5 rings (SSSR count). The van der Waals surface area contributed by atoms with Gasteiger partial charge in [-0.2, -0.15) is 13.2 Å². The minimum Gasteiger partial charge on any atom is -0.475 e. The van der Waals surface area contributed by atoms with Gasteiger partial charge in [0.15, 0.2) is 0 Å². The molecule has 1 fully saturated rings. The molecule has 0 saturated carbocycles. The Hall–Kier alpha value is -4.32. The highest BCUT2D eigenvalue weighted by atomic mass is 19.4. The summed E-state index contributed by atoms with van der Waals surface area (Å²) < 4.78 is 51.1. The number of morpholine rings is 1. The van der Waals surface area contributed by atoms with E-state index in [9.17, 15) is 18.0 Å². The Morgan fingerprint density at radius 2 is 2.08 bits per heavy atom. The molecule has 2 aliphatic rings. The van der Waals surface area contributed by atoms with Crippen LogP contribution in [-0.2, 0) is 10.9 Å². The first kappa shape index (κ1) is 27.3. The molecule has 1 N–H and O–H groups in total. The van der Waals surface area contributed by atoms with Crippen molar-refractivity contribution in [2.75, 3.05) is 36.5 Å². The molecule has 9 nitrogen and oxygen atoms in total. The van der Waals surface area contributed by atoms with E-state index < -0.39 is 17.6 Å². The average molecular weight is 553 g/mol. The standard InChI is InChI=1S/C28H27F3N6O3/c1-3-39-27-24(37-10-11-40-25(16-37)22-8-5-9-32-22)14-23(35-36-27)21-13-20(15-33-17(21)2)34-26(38)18-6-4-7-19(12-18)28(29,30)31/h4-7,9,12-15,25H,3,8,10-11,16H2,1-2H3,(H,34,38). The Kier molecular flexibility index (Phi) is 7.78. The number of pyridine rings is 1. The van der Waals surface area contributed by atoms with E-state index in [1.165, 1.54) is 18.3 Å². The van der Waals surface area contributed by atoms with Crippen LogP contribution in [0.3, 0.4) is 0 Å². The van der Waals surface area contributed by atoms with Gasteiger partial charge in [-0.1, -0.05) is 12.1 Å². The normalized spacial score (nSPS) is 17.1. The Balaban J connectivity index is 1.42. The van der Waals surface area contributed by atoms with Gasteiger partial charge in [-0.3, -0.25) is 14.8 Å². The van der Waals surface area contributed by atoms with Crippen molar-refractivity contribution in [3.63, 3.8) is 0 Å². The third kappa shape index (κ3) is 5.96. The Morgan fingerprint density at radius 3 is 2.83 bits per heavy atom. The summed E-state index contributed by atoms with van der Waals surface area (Å²) in [5.41, 5.74) is 2.73. The number of nitrogens with one attached hydrogen (secondary N) is 1. The zero-order valence-electron chi connectivity index (χ0n) is 21.9. The number of benzene rings is 1. The lowest BCUT2D eigenvalue weighted by Crippen LogP contribution is -2.46. The van der Waals surface area contributed by atoms with E-state index in [1.54, 1.807) is 19.2 Å². The van der Waals surface area contributed by atoms with Crippen molar-refractivity contribution in [2.24, 2.45) is 4.99 Å². The number of alkyl halides is 3. The largest absolute Gasteiger partial charge is 0.475 e. The highest BCUT2D eigenvalue weighted by Gasteiger charge is 2.31. The number of amides is 1. The molecule has 208 valence electrons. The fraction of sp³-hybridized carbons (Fsp3) is 0.321. The van der Waals surface area contributed by atoms with Gasteiger partial charge in [-0.25, -0.2) is 0 Å². The van der Waals surface area contributed by atoms with Crippen LogP contribution in [0, 0.1) is 6.92 Å². The van der Waals surface area contributed by atoms with Crippen LogP contribution in [0.4, 0.5) is 24.5 Å². The van der Waals surface area contributed by atoms with E-state index in [0.29, 0.717) is 54.8 Å². The molecular weight excluding hydrogens is 525 g/mol. The fourth-order valence-corrected chi connectivity index (χ4v) is 4.53. The number of aromatic nitrogens is 3. The second-order valence-electron chi connectivity index (χ2n) is 9.26. The first-order valence-corrected chi connectivity index (χ1v) is 12.8. The molecule has 3 aromatic rings. The van der Waals surface area contributed by atoms with Gasteiger partial charge in [-0.05, 0) is 44.2 Å². The summed E-state index contributed by atoms with van der Waals surface area (Å²) in [6.07, 6.45) is 1.25. The number of nitrogens with zero attached hydrogens (tertiary/aromatic N) is 5. The van der Waals surface area contributed by atoms with Gasteiger partial charge in [0.05, 0.1) is 42.1 Å². The van der Waals surface area contributed by atoms with Crippen LogP contribution in [-0.4, -0.2) is 59.2 Å². The van der Waals surface area contributed by atoms with Gasteiger partial charge >= 0.3 is 6.18 Å². The van der Waals surface area contributed by atoms with Gasteiger partial charge in [0, 0.05) is 42.5 Å². The SMILES string of the molecule is CCOc1nnc(-c2cc(NC(=O)c3cccc(C(F)(F)F)c3)cnc2C)cc1N1CCOC(C2=NC=CC2)C1. The first-order chi connectivity index (χ1) is 19.2. The monoisotopic (exact) mass is 552 g/mol. The topological polar surface area (TPSA) is 102 Å². The highest BCUT2D eigenvalue weighted by molar-refractivity contribution is 6.04. The van der Waals surface area contributed by atoms with Crippen molar-refractivity contribution >= 4 is 23.0 Å². The number of aryl methyl sites for hydroxylation is 1. The van der Waals surface area contributed by atoms with Crippen molar-refractivity contribution < 1.29 is 27.4 Å². The van der Waals surface area contributed by atoms with E-state index in [2.05, 4.69) is 30.4 Å². The number of hydrogen-bond donors (Lipinski definition) is 1. The third-order valence-corrected chi connectivity index (χ3v) is 6.55. The minimum absolute atomic E-state index is 0.121. The van der Waals surface area contributed by atoms with Crippen LogP contribution >= 0.6 is 0 Å². The Bertz CT molecular complexity index is 1470. The number of ether oxygens (including phenoxy) is 2. The van der Waals surface area contributed by atoms with E-state index >= 15 is 0 Å². The molecule has 2 aromatic heterocycles. The molecule has 1 atom stereocenters. The summed E-state index contributed by atoms with van der Waals surface area (Å²) in [6, 6.07) is 7.77. The number of carbonyl (C=O) groups excluding carboxylic acids is 1. The quantitative estimate of drug-likeness (QED) is 0.436. The maximum Gasteiger partial charge on any atom is 0.416 e. The zero-order valence-corrected chi connectivity index (χ0v) is 21.9. The van der Waals surface area contributed by atoms with E-state index in [1.807, 2.05) is 19.1 Å². The minimum atomic E-state index is -4.55. The van der Waals surface area contributed by atoms with Gasteiger partial charge in [-0.15, -0.1) is 10.2 Å². The van der Waals surface area contributed by atoms with Crippen molar-refractivity contribution in [1.29, 1.82) is 0 Å². The van der Waals surface area contributed by atoms with E-state index in [0.717, 1.165) is 30.0 Å². The number of anilines is 2. The molecule has 0 bridgehead atoms. The fourth-order valence-electron chi connectivity index (χ4n) is 4.53. The first-order valence-electron chi connectivity index (χ1n) is 12.8. The highest BCUT2D eigenvalue weighted by Crippen LogP contribution is 2.33. The van der Waals surface area contributed by atoms with Gasteiger partial charge in [0.2, 0.25) is 0 Å². The molecule has 0 radical (unpaired) electrons. The number of aliphatic imine (C=N–C) groups is 1. The Labute approximate surface area is 228 Å². The second-order valence-corrected chi connectivity index (χ2v) is 9.26. The number of carbonyl (C=O) groups is 1. The second kappa shape index (κ2) is 11.4. The number of hydrogen-bond acceptors (Lipinski definition) is 8. The summed E-state index contributed by atoms with van der Waals surface area (Å²) >= 11 is 0. The predicted octanol–water partition coefficient (Wildman–Crippen LogP) is 5.08. The van der Waals surface area contributed by atoms with Crippen LogP contribution in [0.5, 0.6) is 5.88 Å². The summed E-state index contributed by atoms with van der Waals surface area (Å²) in [5.74, 6) is -0.303. The third-order valence-electron chi connectivity index (χ3n) is 6.55. The molecule has 2 aliphatic heterocycles. The average Bonchev–Trinajstić information content (AvgIpc) is 3.50. The lowest BCUT2D eigenvalue weighted by molar-refractivity contribution is -0.137. The Morgan fingerprint density at radius 1 is 1.23 bits per heavy atom. The molecule has 1 saturated heterocycles. The maximum atomic E-state index is 13.1. The van der Waals surface area contributed by atoms with Crippen LogP contribution < -0.4 is 15.0 Å². The predicted molar refractivity (Wildman–Crippen MR) is 144 cm³/mol. The van der Waals surface area contributed by atoms with Crippen molar-refractivity contribution in [3.8, 4) is 17.1 Å². The molecule has 1 unspecified atom stereocenters. The molecule has 1 amide bonds. The lowest BCUT2D eigenvalue weighted by Gasteiger charge is -2.35. The van der Waals surface area contributed by atoms with Crippen LogP contribution in [0.15, 0.2) is 59.9 Å². The summed E-state index contributed by atoms with van der Waals surface area (Å²) in [7, 11) is 0. The summed E-state index contributed by atoms with van der Waals surface area (Å²) in [5, 5.41) is 11.3. The number of halogens is 3. The molecule has 0 aliphatic carbocycles. The van der Waals surface area contributed by atoms with Gasteiger partial charge in [0.1, 0.15) is 11.8 Å². The zero-order chi connectivity index (χ0) is 28.3. The van der Waals surface area contributed by atoms with E-state index in [-0.39, 0.29) is 11.7 Å². The van der Waals surface area contributed by atoms with Gasteiger partial charge < -0.3 is 19.7 Å². The molecule has 4 heterocycles. The van der Waals surface area contributed by atoms with Crippen molar-refractivity contribution in [2.45, 2.75) is 32.5 Å². The maximum absolute atomic E-state index is 13.1.